The number of hydrogen-bond acceptors (Lipinski definition) is 1. The molecule has 94 valence electrons. The highest BCUT2D eigenvalue weighted by Gasteiger charge is 2.04. The number of nitrogens with one attached hydrogen (secondary N) is 1. The Morgan fingerprint density at radius 3 is 2.33 bits per heavy atom. The average Bonchev–Trinajstić information content (AvgIpc) is 2.33. The molecule has 0 amide bonds. The van der Waals surface area contributed by atoms with Crippen LogP contribution in [0.1, 0.15) is 16.7 Å². The molecule has 0 saturated heterocycles. The molecule has 0 spiro atoms. The van der Waals surface area contributed by atoms with Gasteiger partial charge in [0.25, 0.3) is 0 Å². The van der Waals surface area contributed by atoms with Gasteiger partial charge in [-0.15, -0.1) is 0 Å². The van der Waals surface area contributed by atoms with Gasteiger partial charge in [-0.05, 0) is 48.7 Å². The van der Waals surface area contributed by atoms with E-state index < -0.39 is 0 Å². The smallest absolute Gasteiger partial charge is 0.0456 e. The minimum atomic E-state index is 0.672. The summed E-state index contributed by atoms with van der Waals surface area (Å²) in [5, 5.41) is 4.86. The second-order valence-electron chi connectivity index (χ2n) is 4.36. The predicted molar refractivity (Wildman–Crippen MR) is 79.7 cm³/mol. The molecule has 0 saturated carbocycles. The second kappa shape index (κ2) is 5.64. The summed E-state index contributed by atoms with van der Waals surface area (Å²) in [6, 6.07) is 11.8. The van der Waals surface area contributed by atoms with Gasteiger partial charge >= 0.3 is 0 Å². The van der Waals surface area contributed by atoms with Crippen molar-refractivity contribution in [3.63, 3.8) is 0 Å². The van der Waals surface area contributed by atoms with Crippen LogP contribution in [-0.4, -0.2) is 0 Å². The van der Waals surface area contributed by atoms with Crippen LogP contribution in [0.2, 0.25) is 10.0 Å². The minimum absolute atomic E-state index is 0.672. The van der Waals surface area contributed by atoms with Crippen LogP contribution in [0.3, 0.4) is 0 Å². The van der Waals surface area contributed by atoms with Crippen molar-refractivity contribution in [2.24, 2.45) is 0 Å². The van der Waals surface area contributed by atoms with Gasteiger partial charge in [-0.25, -0.2) is 0 Å². The maximum atomic E-state index is 6.14. The average molecular weight is 280 g/mol. The molecule has 0 aliphatic carbocycles. The monoisotopic (exact) mass is 279 g/mol. The molecule has 0 radical (unpaired) electrons. The van der Waals surface area contributed by atoms with E-state index in [1.165, 1.54) is 11.1 Å². The lowest BCUT2D eigenvalue weighted by atomic mass is 10.1. The molecule has 0 fully saturated rings. The van der Waals surface area contributed by atoms with Gasteiger partial charge in [-0.3, -0.25) is 0 Å². The summed E-state index contributed by atoms with van der Waals surface area (Å²) >= 11 is 12.1. The predicted octanol–water partition coefficient (Wildman–Crippen LogP) is 5.22. The van der Waals surface area contributed by atoms with Crippen molar-refractivity contribution in [2.45, 2.75) is 20.4 Å². The van der Waals surface area contributed by atoms with Crippen LogP contribution in [-0.2, 0) is 6.54 Å². The summed E-state index contributed by atoms with van der Waals surface area (Å²) in [7, 11) is 0. The molecule has 0 aromatic heterocycles. The normalized spacial score (nSPS) is 10.4. The number of anilines is 1. The van der Waals surface area contributed by atoms with Crippen LogP contribution >= 0.6 is 23.2 Å². The van der Waals surface area contributed by atoms with E-state index in [4.69, 9.17) is 23.2 Å². The van der Waals surface area contributed by atoms with Gasteiger partial charge in [0.05, 0.1) is 0 Å². The van der Waals surface area contributed by atoms with Crippen molar-refractivity contribution >= 4 is 28.9 Å². The molecule has 0 aliphatic rings. The lowest BCUT2D eigenvalue weighted by Crippen LogP contribution is -2.03. The minimum Gasteiger partial charge on any atom is -0.380 e. The summed E-state index contributed by atoms with van der Waals surface area (Å²) in [5.41, 5.74) is 4.63. The van der Waals surface area contributed by atoms with Crippen molar-refractivity contribution < 1.29 is 0 Å². The first kappa shape index (κ1) is 13.3. The zero-order valence-electron chi connectivity index (χ0n) is 10.4. The van der Waals surface area contributed by atoms with Crippen LogP contribution < -0.4 is 5.32 Å². The van der Waals surface area contributed by atoms with Gasteiger partial charge < -0.3 is 5.32 Å². The van der Waals surface area contributed by atoms with Gasteiger partial charge in [0.15, 0.2) is 0 Å². The Morgan fingerprint density at radius 2 is 1.67 bits per heavy atom. The largest absolute Gasteiger partial charge is 0.380 e. The Kier molecular flexibility index (Phi) is 4.15. The van der Waals surface area contributed by atoms with Crippen molar-refractivity contribution in [1.82, 2.24) is 0 Å². The Bertz CT molecular complexity index is 544. The second-order valence-corrected chi connectivity index (χ2v) is 5.20. The third-order valence-electron chi connectivity index (χ3n) is 2.94. The number of hydrogen-bond donors (Lipinski definition) is 1. The van der Waals surface area contributed by atoms with E-state index in [1.54, 1.807) is 6.07 Å². The molecule has 1 N–H and O–H groups in total. The van der Waals surface area contributed by atoms with E-state index in [0.29, 0.717) is 11.6 Å². The SMILES string of the molecule is Cc1cccc(C)c1NCc1cc(Cl)ccc1Cl. The van der Waals surface area contributed by atoms with Crippen LogP contribution in [0.25, 0.3) is 0 Å². The first-order valence-corrected chi connectivity index (χ1v) is 6.57. The van der Waals surface area contributed by atoms with Crippen LogP contribution in [0, 0.1) is 13.8 Å². The standard InChI is InChI=1S/C15H15Cl2N/c1-10-4-3-5-11(2)15(10)18-9-12-8-13(16)6-7-14(12)17/h3-8,18H,9H2,1-2H3. The number of aryl methyl sites for hydroxylation is 2. The molecule has 2 rings (SSSR count). The number of halogens is 2. The molecule has 18 heavy (non-hydrogen) atoms. The zero-order chi connectivity index (χ0) is 13.1. The molecule has 1 nitrogen and oxygen atoms in total. The molecule has 0 aliphatic heterocycles. The van der Waals surface area contributed by atoms with Gasteiger partial charge in [-0.1, -0.05) is 41.4 Å². The Balaban J connectivity index is 2.19. The Labute approximate surface area is 118 Å². The summed E-state index contributed by atoms with van der Waals surface area (Å²) in [6.07, 6.45) is 0. The fourth-order valence-corrected chi connectivity index (χ4v) is 2.33. The molecule has 0 bridgehead atoms. The first-order chi connectivity index (χ1) is 8.58. The molecular formula is C15H15Cl2N. The fraction of sp³-hybridized carbons (Fsp3) is 0.200. The molecule has 0 atom stereocenters. The summed E-state index contributed by atoms with van der Waals surface area (Å²) < 4.78 is 0. The highest BCUT2D eigenvalue weighted by molar-refractivity contribution is 6.33. The topological polar surface area (TPSA) is 12.0 Å². The Hall–Kier alpha value is -1.18. The number of benzene rings is 2. The molecule has 2 aromatic carbocycles. The van der Waals surface area contributed by atoms with E-state index >= 15 is 0 Å². The fourth-order valence-electron chi connectivity index (χ4n) is 1.96. The van der Waals surface area contributed by atoms with Gasteiger partial charge in [0, 0.05) is 22.3 Å². The highest BCUT2D eigenvalue weighted by atomic mass is 35.5. The van der Waals surface area contributed by atoms with Crippen LogP contribution in [0.5, 0.6) is 0 Å². The number of para-hydroxylation sites is 1. The Morgan fingerprint density at radius 1 is 1.00 bits per heavy atom. The van der Waals surface area contributed by atoms with Crippen molar-refractivity contribution in [3.05, 3.63) is 63.1 Å². The first-order valence-electron chi connectivity index (χ1n) is 5.82. The van der Waals surface area contributed by atoms with E-state index in [2.05, 4.69) is 37.4 Å². The molecular weight excluding hydrogens is 265 g/mol. The molecule has 0 unspecified atom stereocenters. The third-order valence-corrected chi connectivity index (χ3v) is 3.55. The van der Waals surface area contributed by atoms with Crippen molar-refractivity contribution in [3.8, 4) is 0 Å². The van der Waals surface area contributed by atoms with Gasteiger partial charge in [-0.2, -0.15) is 0 Å². The summed E-state index contributed by atoms with van der Waals surface area (Å²) in [4.78, 5) is 0. The number of rotatable bonds is 3. The van der Waals surface area contributed by atoms with Gasteiger partial charge in [0.2, 0.25) is 0 Å². The lowest BCUT2D eigenvalue weighted by molar-refractivity contribution is 1.13. The zero-order valence-corrected chi connectivity index (χ0v) is 11.9. The summed E-state index contributed by atoms with van der Waals surface area (Å²) in [6.45, 7) is 4.86. The quantitative estimate of drug-likeness (QED) is 0.812. The van der Waals surface area contributed by atoms with Gasteiger partial charge in [0.1, 0.15) is 0 Å². The highest BCUT2D eigenvalue weighted by Crippen LogP contribution is 2.24. The maximum Gasteiger partial charge on any atom is 0.0456 e. The summed E-state index contributed by atoms with van der Waals surface area (Å²) in [5.74, 6) is 0. The van der Waals surface area contributed by atoms with Crippen LogP contribution in [0.4, 0.5) is 5.69 Å². The van der Waals surface area contributed by atoms with Crippen molar-refractivity contribution in [1.29, 1.82) is 0 Å². The van der Waals surface area contributed by atoms with Crippen molar-refractivity contribution in [2.75, 3.05) is 5.32 Å². The molecule has 2 aromatic rings. The van der Waals surface area contributed by atoms with E-state index in [-0.39, 0.29) is 0 Å². The van der Waals surface area contributed by atoms with E-state index in [9.17, 15) is 0 Å². The van der Waals surface area contributed by atoms with E-state index in [0.717, 1.165) is 16.3 Å². The van der Waals surface area contributed by atoms with E-state index in [1.807, 2.05) is 12.1 Å². The maximum absolute atomic E-state index is 6.14. The third kappa shape index (κ3) is 2.98. The molecule has 3 heteroatoms. The molecule has 0 heterocycles. The lowest BCUT2D eigenvalue weighted by Gasteiger charge is -2.13. The van der Waals surface area contributed by atoms with Crippen LogP contribution in [0.15, 0.2) is 36.4 Å².